The normalized spacial score (nSPS) is 21.7. The van der Waals surface area contributed by atoms with Crippen molar-refractivity contribution in [2.45, 2.75) is 50.5 Å². The van der Waals surface area contributed by atoms with Gasteiger partial charge in [-0.25, -0.2) is 0 Å². The molecule has 1 fully saturated rings. The highest BCUT2D eigenvalue weighted by Crippen LogP contribution is 2.22. The minimum atomic E-state index is -0.0274. The molecule has 1 saturated carbocycles. The largest absolute Gasteiger partial charge is 0.329 e. The summed E-state index contributed by atoms with van der Waals surface area (Å²) in [5, 5.41) is 0. The molecule has 0 amide bonds. The fourth-order valence-electron chi connectivity index (χ4n) is 1.81. The molecule has 1 aliphatic rings. The summed E-state index contributed by atoms with van der Waals surface area (Å²) in [7, 11) is 0. The molecule has 0 bridgehead atoms. The molecule has 1 aliphatic carbocycles. The zero-order valence-electron chi connectivity index (χ0n) is 8.13. The third kappa shape index (κ3) is 5.74. The minimum absolute atomic E-state index is 0. The Kier molecular flexibility index (Phi) is 9.65. The summed E-state index contributed by atoms with van der Waals surface area (Å²) in [6, 6.07) is 0. The monoisotopic (exact) mass is 228 g/mol. The smallest absolute Gasteiger partial charge is 0.0278 e. The second-order valence-corrected chi connectivity index (χ2v) is 3.83. The molecule has 0 unspecified atom stereocenters. The summed E-state index contributed by atoms with van der Waals surface area (Å²) < 4.78 is 0. The molecule has 2 nitrogen and oxygen atoms in total. The van der Waals surface area contributed by atoms with Crippen LogP contribution in [0.2, 0.25) is 0 Å². The lowest BCUT2D eigenvalue weighted by Gasteiger charge is -2.29. The fraction of sp³-hybridized carbons (Fsp3) is 1.00. The lowest BCUT2D eigenvalue weighted by molar-refractivity contribution is 0.324. The molecule has 0 aromatic carbocycles. The topological polar surface area (TPSA) is 52.0 Å². The van der Waals surface area contributed by atoms with Gasteiger partial charge in [0.05, 0.1) is 0 Å². The molecule has 0 aliphatic heterocycles. The predicted octanol–water partition coefficient (Wildman–Crippen LogP) is 2.23. The molecular formula is C9H22Cl2N2. The van der Waals surface area contributed by atoms with E-state index in [2.05, 4.69) is 0 Å². The second kappa shape index (κ2) is 7.86. The van der Waals surface area contributed by atoms with Gasteiger partial charge in [-0.3, -0.25) is 0 Å². The molecule has 0 heterocycles. The van der Waals surface area contributed by atoms with Crippen molar-refractivity contribution in [2.75, 3.05) is 6.54 Å². The third-order valence-corrected chi connectivity index (χ3v) is 2.76. The average molecular weight is 229 g/mol. The summed E-state index contributed by atoms with van der Waals surface area (Å²) in [5.41, 5.74) is 11.7. The van der Waals surface area contributed by atoms with Crippen LogP contribution in [0.4, 0.5) is 0 Å². The van der Waals surface area contributed by atoms with Crippen molar-refractivity contribution in [3.05, 3.63) is 0 Å². The molecule has 4 N–H and O–H groups in total. The molecule has 0 spiro atoms. The number of halogens is 2. The van der Waals surface area contributed by atoms with E-state index in [0.29, 0.717) is 6.54 Å². The predicted molar refractivity (Wildman–Crippen MR) is 62.8 cm³/mol. The van der Waals surface area contributed by atoms with Gasteiger partial charge < -0.3 is 11.5 Å². The number of hydrogen-bond donors (Lipinski definition) is 2. The summed E-state index contributed by atoms with van der Waals surface area (Å²) in [4.78, 5) is 0. The van der Waals surface area contributed by atoms with Crippen LogP contribution in [0, 0.1) is 0 Å². The molecule has 0 aromatic heterocycles. The van der Waals surface area contributed by atoms with Crippen LogP contribution in [0.3, 0.4) is 0 Å². The van der Waals surface area contributed by atoms with Gasteiger partial charge in [0.2, 0.25) is 0 Å². The maximum Gasteiger partial charge on any atom is 0.0278 e. The van der Waals surface area contributed by atoms with E-state index in [-0.39, 0.29) is 30.4 Å². The highest BCUT2D eigenvalue weighted by atomic mass is 35.5. The summed E-state index contributed by atoms with van der Waals surface area (Å²) in [6.07, 6.45) is 8.88. The Morgan fingerprint density at radius 1 is 0.846 bits per heavy atom. The molecule has 1 rings (SSSR count). The van der Waals surface area contributed by atoms with E-state index in [4.69, 9.17) is 11.5 Å². The van der Waals surface area contributed by atoms with Crippen LogP contribution in [0.1, 0.15) is 44.9 Å². The first-order chi connectivity index (χ1) is 5.27. The highest BCUT2D eigenvalue weighted by molar-refractivity contribution is 5.85. The molecule has 4 heteroatoms. The lowest BCUT2D eigenvalue weighted by Crippen LogP contribution is -2.47. The molecular weight excluding hydrogens is 207 g/mol. The van der Waals surface area contributed by atoms with Crippen LogP contribution in [-0.2, 0) is 0 Å². The van der Waals surface area contributed by atoms with Gasteiger partial charge in [0.25, 0.3) is 0 Å². The van der Waals surface area contributed by atoms with Crippen molar-refractivity contribution in [1.82, 2.24) is 0 Å². The van der Waals surface area contributed by atoms with Crippen LogP contribution >= 0.6 is 24.8 Å². The molecule has 0 saturated heterocycles. The van der Waals surface area contributed by atoms with Gasteiger partial charge in [-0.2, -0.15) is 0 Å². The maximum absolute atomic E-state index is 6.10. The summed E-state index contributed by atoms with van der Waals surface area (Å²) in [5.74, 6) is 0. The average Bonchev–Trinajstić information content (AvgIpc) is 1.98. The Morgan fingerprint density at radius 3 is 1.62 bits per heavy atom. The van der Waals surface area contributed by atoms with E-state index >= 15 is 0 Å². The van der Waals surface area contributed by atoms with Crippen molar-refractivity contribution in [3.8, 4) is 0 Å². The lowest BCUT2D eigenvalue weighted by atomic mass is 9.85. The van der Waals surface area contributed by atoms with Gasteiger partial charge >= 0.3 is 0 Å². The first-order valence-corrected chi connectivity index (χ1v) is 4.76. The van der Waals surface area contributed by atoms with Crippen LogP contribution in [0.5, 0.6) is 0 Å². The van der Waals surface area contributed by atoms with Gasteiger partial charge in [0, 0.05) is 12.1 Å². The van der Waals surface area contributed by atoms with Gasteiger partial charge in [0.15, 0.2) is 0 Å². The standard InChI is InChI=1S/C9H20N2.2ClH/c10-8-9(11)6-4-2-1-3-5-7-9;;/h1-8,10-11H2;2*1H. The van der Waals surface area contributed by atoms with E-state index in [1.807, 2.05) is 0 Å². The van der Waals surface area contributed by atoms with Crippen molar-refractivity contribution in [1.29, 1.82) is 0 Å². The van der Waals surface area contributed by atoms with E-state index in [1.165, 1.54) is 32.1 Å². The Morgan fingerprint density at radius 2 is 1.23 bits per heavy atom. The second-order valence-electron chi connectivity index (χ2n) is 3.83. The Bertz CT molecular complexity index is 112. The Hall–Kier alpha value is 0.500. The van der Waals surface area contributed by atoms with Crippen molar-refractivity contribution in [3.63, 3.8) is 0 Å². The van der Waals surface area contributed by atoms with E-state index in [0.717, 1.165) is 12.8 Å². The molecule has 13 heavy (non-hydrogen) atoms. The zero-order valence-corrected chi connectivity index (χ0v) is 9.76. The van der Waals surface area contributed by atoms with Gasteiger partial charge in [-0.15, -0.1) is 24.8 Å². The minimum Gasteiger partial charge on any atom is -0.329 e. The van der Waals surface area contributed by atoms with Gasteiger partial charge in [-0.1, -0.05) is 32.1 Å². The quantitative estimate of drug-likeness (QED) is 0.724. The van der Waals surface area contributed by atoms with Gasteiger partial charge in [-0.05, 0) is 12.8 Å². The van der Waals surface area contributed by atoms with Crippen LogP contribution in [0.25, 0.3) is 0 Å². The van der Waals surface area contributed by atoms with Crippen LogP contribution in [-0.4, -0.2) is 12.1 Å². The first-order valence-electron chi connectivity index (χ1n) is 4.76. The van der Waals surface area contributed by atoms with Crippen LogP contribution in [0.15, 0.2) is 0 Å². The molecule has 0 radical (unpaired) electrons. The SMILES string of the molecule is Cl.Cl.NCC1(N)CCCCCCC1. The first kappa shape index (κ1) is 15.9. The fourth-order valence-corrected chi connectivity index (χ4v) is 1.81. The van der Waals surface area contributed by atoms with Crippen molar-refractivity contribution in [2.24, 2.45) is 11.5 Å². The van der Waals surface area contributed by atoms with Crippen LogP contribution < -0.4 is 11.5 Å². The number of nitrogens with two attached hydrogens (primary N) is 2. The molecule has 0 aromatic rings. The highest BCUT2D eigenvalue weighted by Gasteiger charge is 2.22. The Balaban J connectivity index is 0. The van der Waals surface area contributed by atoms with E-state index in [9.17, 15) is 0 Å². The number of hydrogen-bond acceptors (Lipinski definition) is 2. The van der Waals surface area contributed by atoms with E-state index in [1.54, 1.807) is 0 Å². The maximum atomic E-state index is 6.10. The van der Waals surface area contributed by atoms with Crippen molar-refractivity contribution >= 4 is 24.8 Å². The Labute approximate surface area is 93.6 Å². The summed E-state index contributed by atoms with van der Waals surface area (Å²) >= 11 is 0. The summed E-state index contributed by atoms with van der Waals surface area (Å²) in [6.45, 7) is 0.660. The van der Waals surface area contributed by atoms with Gasteiger partial charge in [0.1, 0.15) is 0 Å². The molecule has 0 atom stereocenters. The third-order valence-electron chi connectivity index (χ3n) is 2.76. The van der Waals surface area contributed by atoms with Crippen molar-refractivity contribution < 1.29 is 0 Å². The molecule has 82 valence electrons. The van der Waals surface area contributed by atoms with E-state index < -0.39 is 0 Å². The zero-order chi connectivity index (χ0) is 8.16. The number of rotatable bonds is 1.